The van der Waals surface area contributed by atoms with E-state index >= 15 is 0 Å². The lowest BCUT2D eigenvalue weighted by Crippen LogP contribution is -2.23. The van der Waals surface area contributed by atoms with E-state index in [2.05, 4.69) is 5.32 Å². The highest BCUT2D eigenvalue weighted by molar-refractivity contribution is 6.04. The smallest absolute Gasteiger partial charge is 0.340 e. The number of para-hydroxylation sites is 1. The zero-order valence-corrected chi connectivity index (χ0v) is 16.5. The summed E-state index contributed by atoms with van der Waals surface area (Å²) < 4.78 is 11.5. The van der Waals surface area contributed by atoms with Crippen molar-refractivity contribution < 1.29 is 23.9 Å². The maximum Gasteiger partial charge on any atom is 0.340 e. The highest BCUT2D eigenvalue weighted by Crippen LogP contribution is 2.22. The molecule has 0 saturated heterocycles. The van der Waals surface area contributed by atoms with Gasteiger partial charge in [-0.2, -0.15) is 0 Å². The Labute approximate surface area is 168 Å². The van der Waals surface area contributed by atoms with Crippen molar-refractivity contribution in [1.82, 2.24) is 4.57 Å². The molecule has 0 saturated carbocycles. The number of aryl methyl sites for hydroxylation is 2. The Kier molecular flexibility index (Phi) is 5.97. The summed E-state index contributed by atoms with van der Waals surface area (Å²) in [6.45, 7) is 3.34. The molecule has 0 unspecified atom stereocenters. The van der Waals surface area contributed by atoms with Gasteiger partial charge in [-0.25, -0.2) is 4.79 Å². The average molecular weight is 394 g/mol. The highest BCUT2D eigenvalue weighted by atomic mass is 16.5. The fourth-order valence-corrected chi connectivity index (χ4v) is 3.12. The molecule has 1 heterocycles. The van der Waals surface area contributed by atoms with E-state index in [1.165, 1.54) is 7.11 Å². The molecular weight excluding hydrogens is 372 g/mol. The largest absolute Gasteiger partial charge is 0.465 e. The van der Waals surface area contributed by atoms with E-state index < -0.39 is 24.5 Å². The lowest BCUT2D eigenvalue weighted by Gasteiger charge is -2.10. The van der Waals surface area contributed by atoms with Crippen LogP contribution in [-0.4, -0.2) is 36.1 Å². The van der Waals surface area contributed by atoms with Crippen molar-refractivity contribution in [2.75, 3.05) is 19.0 Å². The van der Waals surface area contributed by atoms with Gasteiger partial charge >= 0.3 is 11.9 Å². The molecular formula is C22H22N2O5. The normalized spacial score (nSPS) is 10.6. The van der Waals surface area contributed by atoms with Crippen molar-refractivity contribution >= 4 is 34.4 Å². The zero-order valence-electron chi connectivity index (χ0n) is 16.5. The first-order valence-electron chi connectivity index (χ1n) is 9.08. The maximum atomic E-state index is 12.2. The molecule has 0 aliphatic heterocycles. The second-order valence-corrected chi connectivity index (χ2v) is 6.71. The fourth-order valence-electron chi connectivity index (χ4n) is 3.12. The molecule has 1 aromatic heterocycles. The van der Waals surface area contributed by atoms with Crippen molar-refractivity contribution in [3.63, 3.8) is 0 Å². The minimum atomic E-state index is -0.585. The van der Waals surface area contributed by atoms with Crippen molar-refractivity contribution in [1.29, 1.82) is 0 Å². The molecule has 150 valence electrons. The number of hydrogen-bond donors (Lipinski definition) is 1. The first kappa shape index (κ1) is 20.1. The fraction of sp³-hybridized carbons (Fsp3) is 0.227. The van der Waals surface area contributed by atoms with Crippen LogP contribution in [0.25, 0.3) is 10.9 Å². The van der Waals surface area contributed by atoms with E-state index in [9.17, 15) is 14.4 Å². The molecule has 3 rings (SSSR count). The molecule has 0 bridgehead atoms. The number of ether oxygens (including phenoxy) is 2. The van der Waals surface area contributed by atoms with Crippen LogP contribution in [0.15, 0.2) is 48.7 Å². The van der Waals surface area contributed by atoms with Gasteiger partial charge in [0.15, 0.2) is 6.61 Å². The van der Waals surface area contributed by atoms with E-state index in [4.69, 9.17) is 9.47 Å². The van der Waals surface area contributed by atoms with Crippen LogP contribution >= 0.6 is 0 Å². The van der Waals surface area contributed by atoms with Gasteiger partial charge in [0.05, 0.1) is 12.7 Å². The number of nitrogens with one attached hydrogen (secondary N) is 1. The second kappa shape index (κ2) is 8.60. The van der Waals surface area contributed by atoms with E-state index in [0.29, 0.717) is 22.2 Å². The van der Waals surface area contributed by atoms with Crippen LogP contribution in [0.5, 0.6) is 0 Å². The van der Waals surface area contributed by atoms with Gasteiger partial charge < -0.3 is 19.4 Å². The summed E-state index contributed by atoms with van der Waals surface area (Å²) in [7, 11) is 1.30. The Morgan fingerprint density at radius 1 is 1.07 bits per heavy atom. The Morgan fingerprint density at radius 2 is 1.83 bits per heavy atom. The first-order valence-corrected chi connectivity index (χ1v) is 9.08. The minimum Gasteiger partial charge on any atom is -0.465 e. The summed E-state index contributed by atoms with van der Waals surface area (Å²) in [4.78, 5) is 36.3. The molecule has 0 aliphatic rings. The van der Waals surface area contributed by atoms with Crippen molar-refractivity contribution in [2.45, 2.75) is 20.4 Å². The zero-order chi connectivity index (χ0) is 21.0. The van der Waals surface area contributed by atoms with Crippen molar-refractivity contribution in [2.24, 2.45) is 0 Å². The quantitative estimate of drug-likeness (QED) is 0.649. The van der Waals surface area contributed by atoms with Crippen LogP contribution in [0.4, 0.5) is 5.69 Å². The topological polar surface area (TPSA) is 86.6 Å². The Balaban J connectivity index is 1.64. The number of benzene rings is 2. The number of carbonyl (C=O) groups is 3. The van der Waals surface area contributed by atoms with Crippen molar-refractivity contribution in [3.8, 4) is 0 Å². The van der Waals surface area contributed by atoms with Gasteiger partial charge in [0.2, 0.25) is 0 Å². The molecule has 29 heavy (non-hydrogen) atoms. The molecule has 0 radical (unpaired) electrons. The Morgan fingerprint density at radius 3 is 2.55 bits per heavy atom. The van der Waals surface area contributed by atoms with Crippen LogP contribution in [0.2, 0.25) is 0 Å². The number of aromatic nitrogens is 1. The summed E-state index contributed by atoms with van der Waals surface area (Å²) in [5.74, 6) is -1.49. The number of esters is 2. The van der Waals surface area contributed by atoms with E-state index in [1.807, 2.05) is 38.1 Å². The number of rotatable bonds is 6. The number of fused-ring (bicyclic) bond motifs is 1. The molecule has 0 spiro atoms. The van der Waals surface area contributed by atoms with E-state index in [1.54, 1.807) is 29.0 Å². The standard InChI is InChI=1S/C22H22N2O5/c1-14-8-9-18(15(2)10-14)23-20(25)13-29-21(26)12-24-11-17(22(27)28-3)16-6-4-5-7-19(16)24/h4-11H,12-13H2,1-3H3,(H,23,25). The van der Waals surface area contributed by atoms with Gasteiger partial charge in [-0.05, 0) is 31.5 Å². The third-order valence-electron chi connectivity index (χ3n) is 4.51. The van der Waals surface area contributed by atoms with Gasteiger partial charge in [-0.1, -0.05) is 35.9 Å². The lowest BCUT2D eigenvalue weighted by atomic mass is 10.1. The lowest BCUT2D eigenvalue weighted by molar-refractivity contribution is -0.147. The summed E-state index contributed by atoms with van der Waals surface area (Å²) >= 11 is 0. The van der Waals surface area contributed by atoms with Gasteiger partial charge in [0.1, 0.15) is 6.54 Å². The molecule has 7 heteroatoms. The molecule has 3 aromatic rings. The third-order valence-corrected chi connectivity index (χ3v) is 4.51. The number of methoxy groups -OCH3 is 1. The Bertz CT molecular complexity index is 1080. The third kappa shape index (κ3) is 4.63. The summed E-state index contributed by atoms with van der Waals surface area (Å²) in [6, 6.07) is 12.8. The first-order chi connectivity index (χ1) is 13.9. The number of hydrogen-bond acceptors (Lipinski definition) is 5. The van der Waals surface area contributed by atoms with Gasteiger partial charge in [0, 0.05) is 22.8 Å². The van der Waals surface area contributed by atoms with E-state index in [0.717, 1.165) is 11.1 Å². The second-order valence-electron chi connectivity index (χ2n) is 6.71. The van der Waals surface area contributed by atoms with Crippen LogP contribution in [-0.2, 0) is 25.6 Å². The van der Waals surface area contributed by atoms with Gasteiger partial charge in [0.25, 0.3) is 5.91 Å². The summed E-state index contributed by atoms with van der Waals surface area (Å²) in [6.07, 6.45) is 1.55. The van der Waals surface area contributed by atoms with Crippen molar-refractivity contribution in [3.05, 3.63) is 65.4 Å². The molecule has 0 aliphatic carbocycles. The highest BCUT2D eigenvalue weighted by Gasteiger charge is 2.17. The number of anilines is 1. The summed E-state index contributed by atoms with van der Waals surface area (Å²) in [5.41, 5.74) is 3.76. The van der Waals surface area contributed by atoms with Crippen LogP contribution in [0.1, 0.15) is 21.5 Å². The Hall–Kier alpha value is -3.61. The number of carbonyl (C=O) groups excluding carboxylic acids is 3. The minimum absolute atomic E-state index is 0.131. The van der Waals surface area contributed by atoms with Crippen LogP contribution in [0, 0.1) is 13.8 Å². The monoisotopic (exact) mass is 394 g/mol. The van der Waals surface area contributed by atoms with Gasteiger partial charge in [-0.15, -0.1) is 0 Å². The maximum absolute atomic E-state index is 12.2. The predicted octanol–water partition coefficient (Wildman–Crippen LogP) is 3.23. The molecule has 7 nitrogen and oxygen atoms in total. The van der Waals surface area contributed by atoms with Crippen LogP contribution < -0.4 is 5.32 Å². The number of amides is 1. The molecule has 0 fully saturated rings. The molecule has 2 aromatic carbocycles. The molecule has 1 N–H and O–H groups in total. The molecule has 1 amide bonds. The summed E-state index contributed by atoms with van der Waals surface area (Å²) in [5, 5.41) is 3.41. The van der Waals surface area contributed by atoms with Gasteiger partial charge in [-0.3, -0.25) is 9.59 Å². The SMILES string of the molecule is COC(=O)c1cn(CC(=O)OCC(=O)Nc2ccc(C)cc2C)c2ccccc12. The average Bonchev–Trinajstić information content (AvgIpc) is 3.06. The predicted molar refractivity (Wildman–Crippen MR) is 109 cm³/mol. The molecule has 0 atom stereocenters. The van der Waals surface area contributed by atoms with E-state index in [-0.39, 0.29) is 6.54 Å². The number of nitrogens with zero attached hydrogens (tertiary/aromatic N) is 1. The van der Waals surface area contributed by atoms with Crippen LogP contribution in [0.3, 0.4) is 0 Å².